The zero-order valence-corrected chi connectivity index (χ0v) is 10.3. The third kappa shape index (κ3) is 1.57. The van der Waals surface area contributed by atoms with Gasteiger partial charge in [0.15, 0.2) is 0 Å². The Kier molecular flexibility index (Phi) is 2.42. The molecule has 1 heterocycles. The fourth-order valence-corrected chi connectivity index (χ4v) is 3.09. The molecule has 0 saturated heterocycles. The van der Waals surface area contributed by atoms with Crippen molar-refractivity contribution in [2.24, 2.45) is 11.1 Å². The number of anilines is 1. The fraction of sp³-hybridized carbons (Fsp3) is 0.571. The van der Waals surface area contributed by atoms with Gasteiger partial charge >= 0.3 is 0 Å². The average Bonchev–Trinajstić information content (AvgIpc) is 3.01. The van der Waals surface area contributed by atoms with E-state index in [0.29, 0.717) is 12.5 Å². The van der Waals surface area contributed by atoms with Gasteiger partial charge in [0.05, 0.1) is 6.61 Å². The van der Waals surface area contributed by atoms with E-state index >= 15 is 0 Å². The second-order valence-electron chi connectivity index (χ2n) is 5.54. The second kappa shape index (κ2) is 3.72. The molecule has 92 valence electrons. The van der Waals surface area contributed by atoms with Gasteiger partial charge in [-0.25, -0.2) is 0 Å². The first-order valence-corrected chi connectivity index (χ1v) is 6.35. The Labute approximate surface area is 102 Å². The lowest BCUT2D eigenvalue weighted by atomic mass is 9.98. The third-order valence-corrected chi connectivity index (χ3v) is 4.54. The molecule has 17 heavy (non-hydrogen) atoms. The summed E-state index contributed by atoms with van der Waals surface area (Å²) in [5, 5.41) is 9.44. The Hall–Kier alpha value is -1.06. The number of rotatable bonds is 3. The standard InChI is InChI=1S/C14H20N2O/c1-16-5-4-11-6-10(2-3-13(11)16)12-7-14(12,8-15)9-17/h2-3,6,12,17H,4-5,7-9,15H2,1H3. The first-order chi connectivity index (χ1) is 8.20. The summed E-state index contributed by atoms with van der Waals surface area (Å²) in [6, 6.07) is 6.74. The molecular formula is C14H20N2O. The molecule has 3 nitrogen and oxygen atoms in total. The molecular weight excluding hydrogens is 212 g/mol. The molecule has 0 radical (unpaired) electrons. The van der Waals surface area contributed by atoms with Gasteiger partial charge in [0.25, 0.3) is 0 Å². The van der Waals surface area contributed by atoms with Crippen LogP contribution in [0.25, 0.3) is 0 Å². The topological polar surface area (TPSA) is 49.5 Å². The van der Waals surface area contributed by atoms with Gasteiger partial charge in [-0.2, -0.15) is 0 Å². The van der Waals surface area contributed by atoms with Crippen LogP contribution >= 0.6 is 0 Å². The summed E-state index contributed by atoms with van der Waals surface area (Å²) in [4.78, 5) is 2.30. The molecule has 1 aliphatic carbocycles. The predicted molar refractivity (Wildman–Crippen MR) is 69.3 cm³/mol. The molecule has 1 saturated carbocycles. The smallest absolute Gasteiger partial charge is 0.0505 e. The van der Waals surface area contributed by atoms with Crippen molar-refractivity contribution in [2.45, 2.75) is 18.8 Å². The van der Waals surface area contributed by atoms with Crippen LogP contribution < -0.4 is 10.6 Å². The second-order valence-corrected chi connectivity index (χ2v) is 5.54. The largest absolute Gasteiger partial charge is 0.396 e. The van der Waals surface area contributed by atoms with Gasteiger partial charge in [0.1, 0.15) is 0 Å². The van der Waals surface area contributed by atoms with E-state index in [9.17, 15) is 5.11 Å². The first-order valence-electron chi connectivity index (χ1n) is 6.35. The minimum absolute atomic E-state index is 0.0290. The van der Waals surface area contributed by atoms with Crippen LogP contribution in [0.5, 0.6) is 0 Å². The summed E-state index contributed by atoms with van der Waals surface area (Å²) < 4.78 is 0. The van der Waals surface area contributed by atoms with Gasteiger partial charge in [-0.15, -0.1) is 0 Å². The molecule has 1 fully saturated rings. The van der Waals surface area contributed by atoms with E-state index in [1.807, 2.05) is 0 Å². The van der Waals surface area contributed by atoms with Gasteiger partial charge in [-0.3, -0.25) is 0 Å². The Bertz CT molecular complexity index is 440. The van der Waals surface area contributed by atoms with E-state index < -0.39 is 0 Å². The molecule has 0 aromatic heterocycles. The van der Waals surface area contributed by atoms with E-state index in [4.69, 9.17) is 5.73 Å². The van der Waals surface area contributed by atoms with Gasteiger partial charge in [-0.1, -0.05) is 12.1 Å². The minimum atomic E-state index is -0.0290. The highest BCUT2D eigenvalue weighted by Gasteiger charge is 2.53. The molecule has 2 unspecified atom stereocenters. The average molecular weight is 232 g/mol. The van der Waals surface area contributed by atoms with Crippen molar-refractivity contribution in [1.82, 2.24) is 0 Å². The molecule has 2 atom stereocenters. The van der Waals surface area contributed by atoms with Crippen LogP contribution in [0.2, 0.25) is 0 Å². The summed E-state index contributed by atoms with van der Waals surface area (Å²) in [7, 11) is 2.14. The first kappa shape index (κ1) is 11.1. The van der Waals surface area contributed by atoms with Crippen molar-refractivity contribution >= 4 is 5.69 Å². The Morgan fingerprint density at radius 1 is 1.53 bits per heavy atom. The van der Waals surface area contributed by atoms with Crippen LogP contribution in [0.15, 0.2) is 18.2 Å². The molecule has 3 N–H and O–H groups in total. The maximum absolute atomic E-state index is 9.44. The lowest BCUT2D eigenvalue weighted by Crippen LogP contribution is -2.21. The number of nitrogens with zero attached hydrogens (tertiary/aromatic N) is 1. The molecule has 0 spiro atoms. The van der Waals surface area contributed by atoms with Crippen LogP contribution in [0, 0.1) is 5.41 Å². The molecule has 0 bridgehead atoms. The van der Waals surface area contributed by atoms with E-state index in [0.717, 1.165) is 19.4 Å². The molecule has 2 aliphatic rings. The quantitative estimate of drug-likeness (QED) is 0.820. The molecule has 1 aromatic rings. The van der Waals surface area contributed by atoms with Crippen molar-refractivity contribution < 1.29 is 5.11 Å². The number of hydrogen-bond donors (Lipinski definition) is 2. The Morgan fingerprint density at radius 2 is 2.35 bits per heavy atom. The lowest BCUT2D eigenvalue weighted by Gasteiger charge is -2.14. The maximum Gasteiger partial charge on any atom is 0.0505 e. The number of likely N-dealkylation sites (N-methyl/N-ethyl adjacent to an activating group) is 1. The molecule has 1 aliphatic heterocycles. The SMILES string of the molecule is CN1CCc2cc(C3CC3(CN)CO)ccc21. The Balaban J connectivity index is 1.87. The Morgan fingerprint density at radius 3 is 3.00 bits per heavy atom. The lowest BCUT2D eigenvalue weighted by molar-refractivity contribution is 0.211. The maximum atomic E-state index is 9.44. The van der Waals surface area contributed by atoms with E-state index in [-0.39, 0.29) is 12.0 Å². The van der Waals surface area contributed by atoms with Crippen LogP contribution in [0.1, 0.15) is 23.5 Å². The third-order valence-electron chi connectivity index (χ3n) is 4.54. The van der Waals surface area contributed by atoms with Gasteiger partial charge in [0, 0.05) is 31.2 Å². The summed E-state index contributed by atoms with van der Waals surface area (Å²) >= 11 is 0. The number of aliphatic hydroxyl groups excluding tert-OH is 1. The van der Waals surface area contributed by atoms with Crippen molar-refractivity contribution in [3.05, 3.63) is 29.3 Å². The van der Waals surface area contributed by atoms with Crippen molar-refractivity contribution in [2.75, 3.05) is 31.6 Å². The van der Waals surface area contributed by atoms with Gasteiger partial charge in [0.2, 0.25) is 0 Å². The molecule has 1 aromatic carbocycles. The minimum Gasteiger partial charge on any atom is -0.396 e. The van der Waals surface area contributed by atoms with Crippen LogP contribution in [-0.4, -0.2) is 31.9 Å². The number of nitrogens with two attached hydrogens (primary N) is 1. The zero-order chi connectivity index (χ0) is 12.0. The van der Waals surface area contributed by atoms with Crippen LogP contribution in [-0.2, 0) is 6.42 Å². The van der Waals surface area contributed by atoms with Gasteiger partial charge in [-0.05, 0) is 36.0 Å². The highest BCUT2D eigenvalue weighted by molar-refractivity contribution is 5.59. The highest BCUT2D eigenvalue weighted by atomic mass is 16.3. The predicted octanol–water partition coefficient (Wildman–Crippen LogP) is 1.10. The number of fused-ring (bicyclic) bond motifs is 1. The van der Waals surface area contributed by atoms with Crippen LogP contribution in [0.4, 0.5) is 5.69 Å². The van der Waals surface area contributed by atoms with Crippen molar-refractivity contribution in [1.29, 1.82) is 0 Å². The highest BCUT2D eigenvalue weighted by Crippen LogP contribution is 2.58. The van der Waals surface area contributed by atoms with Crippen molar-refractivity contribution in [3.63, 3.8) is 0 Å². The monoisotopic (exact) mass is 232 g/mol. The molecule has 3 rings (SSSR count). The fourth-order valence-electron chi connectivity index (χ4n) is 3.09. The summed E-state index contributed by atoms with van der Waals surface area (Å²) in [6.45, 7) is 1.92. The molecule has 0 amide bonds. The van der Waals surface area contributed by atoms with Crippen molar-refractivity contribution in [3.8, 4) is 0 Å². The summed E-state index contributed by atoms with van der Waals surface area (Å²) in [5.41, 5.74) is 9.91. The van der Waals surface area contributed by atoms with E-state index in [1.165, 1.54) is 16.8 Å². The van der Waals surface area contributed by atoms with Gasteiger partial charge < -0.3 is 15.7 Å². The normalized spacial score (nSPS) is 30.5. The van der Waals surface area contributed by atoms with Crippen LogP contribution in [0.3, 0.4) is 0 Å². The summed E-state index contributed by atoms with van der Waals surface area (Å²) in [6.07, 6.45) is 2.18. The summed E-state index contributed by atoms with van der Waals surface area (Å²) in [5.74, 6) is 0.466. The zero-order valence-electron chi connectivity index (χ0n) is 10.3. The number of benzene rings is 1. The van der Waals surface area contributed by atoms with E-state index in [2.05, 4.69) is 30.1 Å². The number of aliphatic hydroxyl groups is 1. The van der Waals surface area contributed by atoms with E-state index in [1.54, 1.807) is 0 Å². The molecule has 3 heteroatoms. The number of hydrogen-bond acceptors (Lipinski definition) is 3.